The van der Waals surface area contributed by atoms with Crippen LogP contribution in [0.3, 0.4) is 0 Å². The highest BCUT2D eigenvalue weighted by Crippen LogP contribution is 2.42. The molecule has 1 fully saturated rings. The van der Waals surface area contributed by atoms with Crippen LogP contribution < -0.4 is 10.1 Å². The molecule has 3 rings (SSSR count). The van der Waals surface area contributed by atoms with Crippen molar-refractivity contribution in [3.8, 4) is 5.75 Å². The molecule has 0 aromatic heterocycles. The van der Waals surface area contributed by atoms with Gasteiger partial charge in [-0.1, -0.05) is 30.3 Å². The number of carbonyl (C=O) groups excluding carboxylic acids is 2. The lowest BCUT2D eigenvalue weighted by Crippen LogP contribution is -2.38. The topological polar surface area (TPSA) is 77.1 Å². The Hall–Kier alpha value is -3.13. The smallest absolute Gasteiger partial charge is 0.407 e. The highest BCUT2D eigenvalue weighted by molar-refractivity contribution is 5.68. The standard InChI is InChI=1S/C27H35FN2O5/c1-19(29-26(32)35-27(2,3)4)14-16-33-24-13-12-21(28)17-22(24)23-11-8-15-30(23)25(34-18-31)20-9-6-5-7-10-20/h5-7,9-10,12-13,17-19,23,25H,8,11,14-16H2,1-4H3,(H,29,32). The van der Waals surface area contributed by atoms with Crippen molar-refractivity contribution in [3.63, 3.8) is 0 Å². The van der Waals surface area contributed by atoms with Gasteiger partial charge in [-0.2, -0.15) is 0 Å². The number of amides is 1. The molecule has 0 radical (unpaired) electrons. The molecule has 35 heavy (non-hydrogen) atoms. The predicted octanol–water partition coefficient (Wildman–Crippen LogP) is 5.52. The summed E-state index contributed by atoms with van der Waals surface area (Å²) in [7, 11) is 0. The summed E-state index contributed by atoms with van der Waals surface area (Å²) in [5, 5.41) is 2.80. The number of nitrogens with zero attached hydrogens (tertiary/aromatic N) is 1. The maximum absolute atomic E-state index is 14.3. The lowest BCUT2D eigenvalue weighted by molar-refractivity contribution is -0.145. The van der Waals surface area contributed by atoms with Crippen LogP contribution in [0.25, 0.3) is 0 Å². The predicted molar refractivity (Wildman–Crippen MR) is 130 cm³/mol. The van der Waals surface area contributed by atoms with Gasteiger partial charge in [-0.3, -0.25) is 9.69 Å². The molecule has 0 spiro atoms. The maximum Gasteiger partial charge on any atom is 0.407 e. The van der Waals surface area contributed by atoms with E-state index in [1.807, 2.05) is 58.0 Å². The number of hydrogen-bond donors (Lipinski definition) is 1. The average molecular weight is 487 g/mol. The quantitative estimate of drug-likeness (QED) is 0.446. The zero-order valence-electron chi connectivity index (χ0n) is 20.8. The fraction of sp³-hybridized carbons (Fsp3) is 0.481. The van der Waals surface area contributed by atoms with Gasteiger partial charge in [0, 0.05) is 36.2 Å². The van der Waals surface area contributed by atoms with Gasteiger partial charge in [0.25, 0.3) is 6.47 Å². The van der Waals surface area contributed by atoms with Crippen LogP contribution in [0.2, 0.25) is 0 Å². The first kappa shape index (κ1) is 26.5. The van der Waals surface area contributed by atoms with Crippen LogP contribution in [-0.4, -0.2) is 42.3 Å². The van der Waals surface area contributed by atoms with Crippen LogP contribution >= 0.6 is 0 Å². The van der Waals surface area contributed by atoms with Crippen LogP contribution in [0.4, 0.5) is 9.18 Å². The number of ether oxygens (including phenoxy) is 3. The van der Waals surface area contributed by atoms with Crippen molar-refractivity contribution >= 4 is 12.6 Å². The van der Waals surface area contributed by atoms with Crippen LogP contribution in [0.15, 0.2) is 48.5 Å². The van der Waals surface area contributed by atoms with Crippen molar-refractivity contribution in [2.24, 2.45) is 0 Å². The van der Waals surface area contributed by atoms with E-state index >= 15 is 0 Å². The van der Waals surface area contributed by atoms with Crippen LogP contribution in [0.1, 0.15) is 70.4 Å². The molecule has 1 N–H and O–H groups in total. The Bertz CT molecular complexity index is 979. The van der Waals surface area contributed by atoms with Gasteiger partial charge in [0.15, 0.2) is 6.23 Å². The number of hydrogen-bond acceptors (Lipinski definition) is 6. The summed E-state index contributed by atoms with van der Waals surface area (Å²) in [5.74, 6) is 0.220. The summed E-state index contributed by atoms with van der Waals surface area (Å²) in [6.07, 6.45) is 1.16. The zero-order chi connectivity index (χ0) is 25.4. The Kier molecular flexibility index (Phi) is 9.09. The summed E-state index contributed by atoms with van der Waals surface area (Å²) in [5.41, 5.74) is 1.000. The van der Waals surface area contributed by atoms with E-state index < -0.39 is 17.9 Å². The molecule has 190 valence electrons. The first-order valence-corrected chi connectivity index (χ1v) is 12.0. The van der Waals surface area contributed by atoms with Crippen LogP contribution in [0, 0.1) is 5.82 Å². The minimum absolute atomic E-state index is 0.167. The van der Waals surface area contributed by atoms with E-state index in [0.717, 1.165) is 18.4 Å². The summed E-state index contributed by atoms with van der Waals surface area (Å²) in [4.78, 5) is 25.3. The molecule has 8 heteroatoms. The Balaban J connectivity index is 1.70. The molecule has 1 heterocycles. The number of alkyl carbamates (subject to hydrolysis) is 1. The number of halogens is 1. The van der Waals surface area contributed by atoms with Crippen molar-refractivity contribution in [2.45, 2.75) is 70.9 Å². The van der Waals surface area contributed by atoms with E-state index in [0.29, 0.717) is 37.4 Å². The summed E-state index contributed by atoms with van der Waals surface area (Å²) >= 11 is 0. The van der Waals surface area contributed by atoms with E-state index in [4.69, 9.17) is 14.2 Å². The van der Waals surface area contributed by atoms with Gasteiger partial charge in [0.2, 0.25) is 0 Å². The molecule has 1 amide bonds. The summed E-state index contributed by atoms with van der Waals surface area (Å²) in [6, 6.07) is 13.7. The first-order valence-electron chi connectivity index (χ1n) is 12.0. The number of benzene rings is 2. The Labute approximate surface area is 206 Å². The van der Waals surface area contributed by atoms with Crippen molar-refractivity contribution < 1.29 is 28.2 Å². The lowest BCUT2D eigenvalue weighted by atomic mass is 10.0. The van der Waals surface area contributed by atoms with Crippen molar-refractivity contribution in [1.29, 1.82) is 0 Å². The van der Waals surface area contributed by atoms with Gasteiger partial charge in [0.05, 0.1) is 6.61 Å². The zero-order valence-corrected chi connectivity index (χ0v) is 20.8. The van der Waals surface area contributed by atoms with E-state index in [9.17, 15) is 14.0 Å². The molecule has 3 atom stereocenters. The van der Waals surface area contributed by atoms with Gasteiger partial charge in [0.1, 0.15) is 17.2 Å². The van der Waals surface area contributed by atoms with Crippen molar-refractivity contribution in [2.75, 3.05) is 13.2 Å². The van der Waals surface area contributed by atoms with E-state index in [1.165, 1.54) is 12.1 Å². The third-order valence-electron chi connectivity index (χ3n) is 5.77. The third-order valence-corrected chi connectivity index (χ3v) is 5.77. The molecule has 7 nitrogen and oxygen atoms in total. The van der Waals surface area contributed by atoms with Gasteiger partial charge in [-0.05, 0) is 58.7 Å². The van der Waals surface area contributed by atoms with Crippen molar-refractivity contribution in [1.82, 2.24) is 10.2 Å². The second-order valence-electron chi connectivity index (χ2n) is 9.76. The monoisotopic (exact) mass is 486 g/mol. The molecule has 0 saturated carbocycles. The average Bonchev–Trinajstić information content (AvgIpc) is 3.27. The Morgan fingerprint density at radius 2 is 1.97 bits per heavy atom. The highest BCUT2D eigenvalue weighted by Gasteiger charge is 2.35. The number of nitrogens with one attached hydrogen (secondary N) is 1. The van der Waals surface area contributed by atoms with Gasteiger partial charge < -0.3 is 19.5 Å². The molecule has 1 aliphatic rings. The summed E-state index contributed by atoms with van der Waals surface area (Å²) in [6.45, 7) is 8.79. The normalized spacial score (nSPS) is 17.9. The van der Waals surface area contributed by atoms with Gasteiger partial charge in [-0.25, -0.2) is 9.18 Å². The molecular formula is C27H35FN2O5. The minimum atomic E-state index is -0.574. The molecule has 0 aliphatic carbocycles. The number of carbonyl (C=O) groups is 2. The first-order chi connectivity index (χ1) is 16.7. The van der Waals surface area contributed by atoms with Gasteiger partial charge >= 0.3 is 6.09 Å². The minimum Gasteiger partial charge on any atom is -0.493 e. The fourth-order valence-corrected chi connectivity index (χ4v) is 4.26. The maximum atomic E-state index is 14.3. The summed E-state index contributed by atoms with van der Waals surface area (Å²) < 4.78 is 31.1. The third kappa shape index (κ3) is 7.68. The van der Waals surface area contributed by atoms with Crippen molar-refractivity contribution in [3.05, 3.63) is 65.5 Å². The SMILES string of the molecule is CC(CCOc1ccc(F)cc1C1CCCN1C(OC=O)c1ccccc1)NC(=O)OC(C)(C)C. The van der Waals surface area contributed by atoms with E-state index in [1.54, 1.807) is 6.07 Å². The largest absolute Gasteiger partial charge is 0.493 e. The highest BCUT2D eigenvalue weighted by atomic mass is 19.1. The molecule has 1 saturated heterocycles. The molecule has 2 aromatic rings. The Morgan fingerprint density at radius 3 is 2.66 bits per heavy atom. The number of rotatable bonds is 10. The molecule has 2 aromatic carbocycles. The van der Waals surface area contributed by atoms with Gasteiger partial charge in [-0.15, -0.1) is 0 Å². The molecule has 0 bridgehead atoms. The lowest BCUT2D eigenvalue weighted by Gasteiger charge is -2.32. The second kappa shape index (κ2) is 12.0. The second-order valence-corrected chi connectivity index (χ2v) is 9.76. The van der Waals surface area contributed by atoms with E-state index in [-0.39, 0.29) is 17.9 Å². The van der Waals surface area contributed by atoms with Crippen LogP contribution in [0.5, 0.6) is 5.75 Å². The molecule has 1 aliphatic heterocycles. The molecular weight excluding hydrogens is 451 g/mol. The number of likely N-dealkylation sites (tertiary alicyclic amines) is 1. The Morgan fingerprint density at radius 1 is 1.23 bits per heavy atom. The fourth-order valence-electron chi connectivity index (χ4n) is 4.26. The van der Waals surface area contributed by atoms with E-state index in [2.05, 4.69) is 10.2 Å². The van der Waals surface area contributed by atoms with Crippen LogP contribution in [-0.2, 0) is 14.3 Å². The molecule has 3 unspecified atom stereocenters.